The first-order chi connectivity index (χ1) is 10.1. The van der Waals surface area contributed by atoms with Crippen LogP contribution in [-0.2, 0) is 9.53 Å². The average Bonchev–Trinajstić information content (AvgIpc) is 3.22. The van der Waals surface area contributed by atoms with Crippen LogP contribution in [0.2, 0.25) is 0 Å². The van der Waals surface area contributed by atoms with Crippen molar-refractivity contribution in [3.63, 3.8) is 0 Å². The van der Waals surface area contributed by atoms with Gasteiger partial charge in [0, 0.05) is 30.9 Å². The van der Waals surface area contributed by atoms with Gasteiger partial charge in [0.2, 0.25) is 5.95 Å². The van der Waals surface area contributed by atoms with E-state index >= 15 is 0 Å². The molecule has 1 aromatic rings. The minimum atomic E-state index is -1.57. The number of carbonyl (C=O) groups is 1. The van der Waals surface area contributed by atoms with E-state index in [9.17, 15) is 4.79 Å². The molecule has 21 heavy (non-hydrogen) atoms. The molecule has 2 aliphatic rings. The number of carbonyl (C=O) groups excluding carboxylic acids is 1. The van der Waals surface area contributed by atoms with E-state index in [2.05, 4.69) is 9.97 Å². The zero-order valence-corrected chi connectivity index (χ0v) is 11.9. The lowest BCUT2D eigenvalue weighted by Crippen LogP contribution is -2.42. The van der Waals surface area contributed by atoms with Crippen molar-refractivity contribution in [2.75, 3.05) is 24.6 Å². The fourth-order valence-corrected chi connectivity index (χ4v) is 3.07. The average molecular weight is 291 g/mol. The maximum atomic E-state index is 12.1. The topological polar surface area (TPSA) is 95.8 Å². The standard InChI is InChI=1S/C13H18BN3O4/c1-2-21-11(18)13-5-9(13)3-4-17(8-13)12-15-6-10(7-16-12)14(19)20/h6-7,9,19-20H,2-5,8H2,1H3/t9-,13+/m1/s1. The maximum Gasteiger partial charge on any atom is 0.491 e. The highest BCUT2D eigenvalue weighted by Gasteiger charge is 2.63. The van der Waals surface area contributed by atoms with Gasteiger partial charge in [0.15, 0.2) is 0 Å². The van der Waals surface area contributed by atoms with Gasteiger partial charge in [-0.05, 0) is 25.7 Å². The van der Waals surface area contributed by atoms with Crippen LogP contribution >= 0.6 is 0 Å². The normalized spacial score (nSPS) is 27.0. The molecule has 3 rings (SSSR count). The van der Waals surface area contributed by atoms with Gasteiger partial charge in [0.25, 0.3) is 0 Å². The first kappa shape index (κ1) is 14.3. The van der Waals surface area contributed by atoms with E-state index in [0.717, 1.165) is 19.4 Å². The number of hydrogen-bond donors (Lipinski definition) is 2. The van der Waals surface area contributed by atoms with Crippen LogP contribution < -0.4 is 10.4 Å². The minimum absolute atomic E-state index is 0.123. The van der Waals surface area contributed by atoms with Gasteiger partial charge < -0.3 is 19.7 Å². The lowest BCUT2D eigenvalue weighted by atomic mass is 9.83. The van der Waals surface area contributed by atoms with Crippen molar-refractivity contribution in [3.8, 4) is 0 Å². The fraction of sp³-hybridized carbons (Fsp3) is 0.615. The summed E-state index contributed by atoms with van der Waals surface area (Å²) in [7, 11) is -1.57. The molecule has 1 aromatic heterocycles. The first-order valence-electron chi connectivity index (χ1n) is 7.17. The highest BCUT2D eigenvalue weighted by Crippen LogP contribution is 2.58. The van der Waals surface area contributed by atoms with Crippen molar-refractivity contribution >= 4 is 24.5 Å². The van der Waals surface area contributed by atoms with E-state index < -0.39 is 12.5 Å². The molecule has 0 radical (unpaired) electrons. The molecule has 0 amide bonds. The van der Waals surface area contributed by atoms with Crippen LogP contribution in [0.25, 0.3) is 0 Å². The second-order valence-corrected chi connectivity index (χ2v) is 5.68. The predicted molar refractivity (Wildman–Crippen MR) is 75.9 cm³/mol. The number of nitrogens with zero attached hydrogens (tertiary/aromatic N) is 3. The summed E-state index contributed by atoms with van der Waals surface area (Å²) in [4.78, 5) is 22.4. The van der Waals surface area contributed by atoms with E-state index in [1.165, 1.54) is 12.4 Å². The molecule has 2 heterocycles. The number of esters is 1. The van der Waals surface area contributed by atoms with Crippen molar-refractivity contribution in [1.82, 2.24) is 9.97 Å². The van der Waals surface area contributed by atoms with E-state index in [4.69, 9.17) is 14.8 Å². The zero-order chi connectivity index (χ0) is 15.0. The Morgan fingerprint density at radius 3 is 2.86 bits per heavy atom. The largest absolute Gasteiger partial charge is 0.491 e. The number of fused-ring (bicyclic) bond motifs is 1. The third-order valence-corrected chi connectivity index (χ3v) is 4.37. The number of hydrogen-bond acceptors (Lipinski definition) is 7. The summed E-state index contributed by atoms with van der Waals surface area (Å²) >= 11 is 0. The van der Waals surface area contributed by atoms with Crippen LogP contribution in [0, 0.1) is 11.3 Å². The Bertz CT molecular complexity index is 539. The summed E-state index contributed by atoms with van der Waals surface area (Å²) in [5.74, 6) is 0.793. The van der Waals surface area contributed by atoms with Gasteiger partial charge in [-0.1, -0.05) is 0 Å². The summed E-state index contributed by atoms with van der Waals surface area (Å²) in [5.41, 5.74) is -0.146. The van der Waals surface area contributed by atoms with Gasteiger partial charge >= 0.3 is 13.1 Å². The van der Waals surface area contributed by atoms with Crippen molar-refractivity contribution in [3.05, 3.63) is 12.4 Å². The Balaban J connectivity index is 1.73. The van der Waals surface area contributed by atoms with E-state index in [1.807, 2.05) is 11.8 Å². The summed E-state index contributed by atoms with van der Waals surface area (Å²) in [6.07, 6.45) is 4.58. The van der Waals surface area contributed by atoms with Gasteiger partial charge in [-0.15, -0.1) is 0 Å². The van der Waals surface area contributed by atoms with Crippen LogP contribution in [-0.4, -0.2) is 52.8 Å². The highest BCUT2D eigenvalue weighted by molar-refractivity contribution is 6.58. The Labute approximate surface area is 123 Å². The van der Waals surface area contributed by atoms with Gasteiger partial charge in [0.1, 0.15) is 0 Å². The molecule has 1 aliphatic carbocycles. The van der Waals surface area contributed by atoms with Crippen molar-refractivity contribution in [2.45, 2.75) is 19.8 Å². The third kappa shape index (κ3) is 2.49. The molecule has 2 N–H and O–H groups in total. The van der Waals surface area contributed by atoms with Crippen molar-refractivity contribution in [2.24, 2.45) is 11.3 Å². The molecular formula is C13H18BN3O4. The maximum absolute atomic E-state index is 12.1. The number of anilines is 1. The molecular weight excluding hydrogens is 273 g/mol. The highest BCUT2D eigenvalue weighted by atomic mass is 16.5. The monoisotopic (exact) mass is 291 g/mol. The van der Waals surface area contributed by atoms with Crippen molar-refractivity contribution < 1.29 is 19.6 Å². The molecule has 2 fully saturated rings. The van der Waals surface area contributed by atoms with Gasteiger partial charge in [-0.2, -0.15) is 0 Å². The summed E-state index contributed by atoms with van der Waals surface area (Å²) in [5, 5.41) is 18.1. The smallest absolute Gasteiger partial charge is 0.466 e. The molecule has 2 atom stereocenters. The van der Waals surface area contributed by atoms with E-state index in [0.29, 0.717) is 25.0 Å². The number of ether oxygens (including phenoxy) is 1. The molecule has 0 unspecified atom stereocenters. The molecule has 0 spiro atoms. The van der Waals surface area contributed by atoms with Crippen LogP contribution in [0.1, 0.15) is 19.8 Å². The summed E-state index contributed by atoms with van der Waals surface area (Å²) in [6, 6.07) is 0. The Morgan fingerprint density at radius 2 is 2.24 bits per heavy atom. The molecule has 112 valence electrons. The number of piperidine rings is 1. The molecule has 1 saturated heterocycles. The molecule has 1 saturated carbocycles. The van der Waals surface area contributed by atoms with Gasteiger partial charge in [-0.25, -0.2) is 9.97 Å². The van der Waals surface area contributed by atoms with Crippen LogP contribution in [0.5, 0.6) is 0 Å². The zero-order valence-electron chi connectivity index (χ0n) is 11.9. The second-order valence-electron chi connectivity index (χ2n) is 5.68. The number of aromatic nitrogens is 2. The molecule has 0 aromatic carbocycles. The third-order valence-electron chi connectivity index (χ3n) is 4.37. The molecule has 0 bridgehead atoms. The van der Waals surface area contributed by atoms with Gasteiger partial charge in [-0.3, -0.25) is 4.79 Å². The second kappa shape index (κ2) is 5.27. The van der Waals surface area contributed by atoms with Crippen LogP contribution in [0.4, 0.5) is 5.95 Å². The Morgan fingerprint density at radius 1 is 1.52 bits per heavy atom. The van der Waals surface area contributed by atoms with Gasteiger partial charge in [0.05, 0.1) is 12.0 Å². The molecule has 7 nitrogen and oxygen atoms in total. The lowest BCUT2D eigenvalue weighted by molar-refractivity contribution is -0.150. The number of rotatable bonds is 4. The molecule has 8 heteroatoms. The van der Waals surface area contributed by atoms with Crippen molar-refractivity contribution in [1.29, 1.82) is 0 Å². The Hall–Kier alpha value is -1.67. The lowest BCUT2D eigenvalue weighted by Gasteiger charge is -2.31. The predicted octanol–water partition coefficient (Wildman–Crippen LogP) is -1.06. The molecule has 1 aliphatic heterocycles. The minimum Gasteiger partial charge on any atom is -0.466 e. The summed E-state index contributed by atoms with van der Waals surface area (Å²) in [6.45, 7) is 3.58. The van der Waals surface area contributed by atoms with Crippen LogP contribution in [0.15, 0.2) is 12.4 Å². The SMILES string of the molecule is CCOC(=O)[C@]12C[C@H]1CCN(c1ncc(B(O)O)cn1)C2. The summed E-state index contributed by atoms with van der Waals surface area (Å²) < 4.78 is 5.19. The van der Waals surface area contributed by atoms with Crippen LogP contribution in [0.3, 0.4) is 0 Å². The van der Waals surface area contributed by atoms with E-state index in [1.54, 1.807) is 0 Å². The fourth-order valence-electron chi connectivity index (χ4n) is 3.07. The van der Waals surface area contributed by atoms with E-state index in [-0.39, 0.29) is 11.4 Å². The quantitative estimate of drug-likeness (QED) is 0.539. The first-order valence-corrected chi connectivity index (χ1v) is 7.17. The Kier molecular flexibility index (Phi) is 3.58.